The highest BCUT2D eigenvalue weighted by Gasteiger charge is 2.75. The molecule has 9 atom stereocenters. The number of hydrogen-bond acceptors (Lipinski definition) is 3. The fourth-order valence-electron chi connectivity index (χ4n) is 8.44. The first-order valence-electron chi connectivity index (χ1n) is 10.2. The fourth-order valence-corrected chi connectivity index (χ4v) is 8.44. The lowest BCUT2D eigenvalue weighted by Crippen LogP contribution is -2.69. The third-order valence-electron chi connectivity index (χ3n) is 8.90. The molecule has 2 unspecified atom stereocenters. The largest absolute Gasteiger partial charge is 0.369 e. The van der Waals surface area contributed by atoms with Crippen LogP contribution in [0.2, 0.25) is 0 Å². The number of benzene rings is 1. The summed E-state index contributed by atoms with van der Waals surface area (Å²) in [5, 5.41) is 0. The van der Waals surface area contributed by atoms with E-state index in [1.165, 1.54) is 37.1 Å². The first-order valence-corrected chi connectivity index (χ1v) is 10.2. The SMILES string of the molecule is CC[C@@H]1CN2[C@H]3C[C@@]45c6ccccc6N(C)[C@H]4[C@@H]2C[C@@H]1[C@@H]3C5C(C)=O. The smallest absolute Gasteiger partial charge is 0.134 e. The van der Waals surface area contributed by atoms with Crippen LogP contribution in [0.1, 0.15) is 38.7 Å². The number of carbonyl (C=O) groups is 1. The second-order valence-corrected chi connectivity index (χ2v) is 9.38. The van der Waals surface area contributed by atoms with Crippen LogP contribution in [0.5, 0.6) is 0 Å². The van der Waals surface area contributed by atoms with Crippen molar-refractivity contribution in [1.29, 1.82) is 0 Å². The van der Waals surface area contributed by atoms with E-state index < -0.39 is 0 Å². The van der Waals surface area contributed by atoms with Gasteiger partial charge in [0.15, 0.2) is 0 Å². The van der Waals surface area contributed by atoms with Crippen molar-refractivity contribution in [1.82, 2.24) is 4.90 Å². The molecule has 3 nitrogen and oxygen atoms in total. The average Bonchev–Trinajstić information content (AvgIpc) is 3.04. The van der Waals surface area contributed by atoms with Crippen LogP contribution in [0.15, 0.2) is 24.3 Å². The zero-order valence-electron chi connectivity index (χ0n) is 15.5. The summed E-state index contributed by atoms with van der Waals surface area (Å²) in [6.45, 7) is 5.51. The summed E-state index contributed by atoms with van der Waals surface area (Å²) < 4.78 is 0. The van der Waals surface area contributed by atoms with Crippen molar-refractivity contribution >= 4 is 11.5 Å². The maximum atomic E-state index is 13.1. The van der Waals surface area contributed by atoms with Gasteiger partial charge in [-0.3, -0.25) is 9.69 Å². The molecule has 1 aliphatic carbocycles. The Morgan fingerprint density at radius 1 is 1.28 bits per heavy atom. The molecule has 1 aromatic rings. The van der Waals surface area contributed by atoms with Gasteiger partial charge in [0.2, 0.25) is 0 Å². The van der Waals surface area contributed by atoms with E-state index >= 15 is 0 Å². The molecule has 25 heavy (non-hydrogen) atoms. The van der Waals surface area contributed by atoms with Crippen LogP contribution < -0.4 is 4.90 Å². The van der Waals surface area contributed by atoms with Gasteiger partial charge in [-0.25, -0.2) is 0 Å². The molecule has 6 aliphatic rings. The van der Waals surface area contributed by atoms with Gasteiger partial charge in [0.25, 0.3) is 0 Å². The number of rotatable bonds is 2. The number of ketones is 1. The van der Waals surface area contributed by atoms with E-state index in [1.54, 1.807) is 0 Å². The van der Waals surface area contributed by atoms with Crippen molar-refractivity contribution in [3.63, 3.8) is 0 Å². The van der Waals surface area contributed by atoms with Crippen molar-refractivity contribution < 1.29 is 4.79 Å². The highest BCUT2D eigenvalue weighted by atomic mass is 16.1. The number of hydrogen-bond donors (Lipinski definition) is 0. The maximum absolute atomic E-state index is 13.1. The van der Waals surface area contributed by atoms with Crippen LogP contribution in [0.4, 0.5) is 5.69 Å². The maximum Gasteiger partial charge on any atom is 0.134 e. The van der Waals surface area contributed by atoms with Gasteiger partial charge in [-0.1, -0.05) is 31.5 Å². The number of piperidine rings is 4. The van der Waals surface area contributed by atoms with E-state index in [1.807, 2.05) is 6.92 Å². The number of para-hydroxylation sites is 1. The number of Topliss-reactive ketones (excluding diaryl/α,β-unsaturated/α-hetero) is 1. The minimum Gasteiger partial charge on any atom is -0.369 e. The van der Waals surface area contributed by atoms with E-state index in [0.717, 1.165) is 11.8 Å². The van der Waals surface area contributed by atoms with Crippen LogP contribution in [0.3, 0.4) is 0 Å². The summed E-state index contributed by atoms with van der Waals surface area (Å²) in [5.41, 5.74) is 2.94. The Morgan fingerprint density at radius 3 is 2.84 bits per heavy atom. The van der Waals surface area contributed by atoms with Gasteiger partial charge in [-0.05, 0) is 49.1 Å². The molecule has 5 fully saturated rings. The Hall–Kier alpha value is -1.35. The zero-order chi connectivity index (χ0) is 17.1. The Kier molecular flexibility index (Phi) is 2.65. The molecule has 1 spiro atoms. The molecular formula is C22H28N2O. The van der Waals surface area contributed by atoms with E-state index in [9.17, 15) is 4.79 Å². The second-order valence-electron chi connectivity index (χ2n) is 9.38. The molecule has 1 saturated carbocycles. The topological polar surface area (TPSA) is 23.6 Å². The van der Waals surface area contributed by atoms with Gasteiger partial charge in [0, 0.05) is 42.7 Å². The monoisotopic (exact) mass is 336 g/mol. The van der Waals surface area contributed by atoms with Crippen LogP contribution in [0, 0.1) is 23.7 Å². The van der Waals surface area contributed by atoms with Gasteiger partial charge in [0.1, 0.15) is 5.78 Å². The van der Waals surface area contributed by atoms with Crippen molar-refractivity contribution in [3.8, 4) is 0 Å². The summed E-state index contributed by atoms with van der Waals surface area (Å²) in [5.74, 6) is 2.84. The number of fused-ring (bicyclic) bond motifs is 2. The molecule has 7 rings (SSSR count). The number of likely N-dealkylation sites (N-methyl/N-ethyl adjacent to an activating group) is 1. The lowest BCUT2D eigenvalue weighted by Gasteiger charge is -2.60. The highest BCUT2D eigenvalue weighted by Crippen LogP contribution is 2.70. The van der Waals surface area contributed by atoms with Gasteiger partial charge in [-0.15, -0.1) is 0 Å². The van der Waals surface area contributed by atoms with Crippen molar-refractivity contribution in [2.75, 3.05) is 18.5 Å². The second kappa shape index (κ2) is 4.49. The van der Waals surface area contributed by atoms with Crippen molar-refractivity contribution in [2.24, 2.45) is 23.7 Å². The molecule has 4 saturated heterocycles. The van der Waals surface area contributed by atoms with E-state index in [-0.39, 0.29) is 11.3 Å². The number of carbonyl (C=O) groups excluding carboxylic acids is 1. The molecule has 1 aromatic carbocycles. The van der Waals surface area contributed by atoms with Crippen LogP contribution in [0.25, 0.3) is 0 Å². The zero-order valence-corrected chi connectivity index (χ0v) is 15.5. The van der Waals surface area contributed by atoms with Crippen LogP contribution >= 0.6 is 0 Å². The molecule has 5 heterocycles. The molecule has 0 amide bonds. The quantitative estimate of drug-likeness (QED) is 0.829. The molecule has 0 aromatic heterocycles. The molecule has 3 heteroatoms. The molecular weight excluding hydrogens is 308 g/mol. The first kappa shape index (κ1) is 14.8. The lowest BCUT2D eigenvalue weighted by molar-refractivity contribution is -0.127. The van der Waals surface area contributed by atoms with Crippen molar-refractivity contribution in [3.05, 3.63) is 29.8 Å². The first-order chi connectivity index (χ1) is 12.1. The average molecular weight is 336 g/mol. The van der Waals surface area contributed by atoms with Gasteiger partial charge < -0.3 is 4.90 Å². The minimum absolute atomic E-state index is 0.0745. The standard InChI is InChI=1S/C22H28N2O/c1-4-13-11-24-17-9-14(13)19-18(24)10-22(20(19)12(2)25)15-7-5-6-8-16(15)23(3)21(17)22/h5-8,13-14,17-21H,4,9-11H2,1-3H3/t13-,14+,17+,18+,19+,20?,21+,22+/m1/s1. The summed E-state index contributed by atoms with van der Waals surface area (Å²) in [6, 6.07) is 10.8. The van der Waals surface area contributed by atoms with Crippen LogP contribution in [-0.2, 0) is 10.2 Å². The summed E-state index contributed by atoms with van der Waals surface area (Å²) in [7, 11) is 2.29. The number of anilines is 1. The third-order valence-corrected chi connectivity index (χ3v) is 8.90. The Bertz CT molecular complexity index is 775. The van der Waals surface area contributed by atoms with Gasteiger partial charge in [0.05, 0.1) is 6.04 Å². The Labute approximate surface area is 150 Å². The van der Waals surface area contributed by atoms with Gasteiger partial charge in [-0.2, -0.15) is 0 Å². The Morgan fingerprint density at radius 2 is 2.08 bits per heavy atom. The fraction of sp³-hybridized carbons (Fsp3) is 0.682. The molecule has 5 aliphatic heterocycles. The highest BCUT2D eigenvalue weighted by molar-refractivity contribution is 5.84. The summed E-state index contributed by atoms with van der Waals surface area (Å²) in [6.07, 6.45) is 3.79. The molecule has 0 N–H and O–H groups in total. The van der Waals surface area contributed by atoms with E-state index in [4.69, 9.17) is 0 Å². The summed E-state index contributed by atoms with van der Waals surface area (Å²) in [4.78, 5) is 18.5. The number of nitrogens with zero attached hydrogens (tertiary/aromatic N) is 2. The van der Waals surface area contributed by atoms with E-state index in [0.29, 0.717) is 29.8 Å². The molecule has 0 radical (unpaired) electrons. The van der Waals surface area contributed by atoms with E-state index in [2.05, 4.69) is 48.0 Å². The lowest BCUT2D eigenvalue weighted by atomic mass is 9.63. The predicted molar refractivity (Wildman–Crippen MR) is 98.8 cm³/mol. The normalized spacial score (nSPS) is 50.9. The Balaban J connectivity index is 1.62. The van der Waals surface area contributed by atoms with Crippen LogP contribution in [-0.4, -0.2) is 42.4 Å². The minimum atomic E-state index is 0.0745. The molecule has 132 valence electrons. The van der Waals surface area contributed by atoms with Crippen molar-refractivity contribution in [2.45, 2.75) is 56.7 Å². The third kappa shape index (κ3) is 1.41. The van der Waals surface area contributed by atoms with Gasteiger partial charge >= 0.3 is 0 Å². The summed E-state index contributed by atoms with van der Waals surface area (Å²) >= 11 is 0. The molecule has 5 bridgehead atoms. The predicted octanol–water partition coefficient (Wildman–Crippen LogP) is 3.08.